The van der Waals surface area contributed by atoms with Gasteiger partial charge in [0.2, 0.25) is 0 Å². The lowest BCUT2D eigenvalue weighted by atomic mass is 9.97. The van der Waals surface area contributed by atoms with Gasteiger partial charge in [0.05, 0.1) is 12.5 Å². The minimum absolute atomic E-state index is 0.368. The first-order valence-electron chi connectivity index (χ1n) is 10.3. The van der Waals surface area contributed by atoms with Crippen molar-refractivity contribution in [3.05, 3.63) is 47.5 Å². The van der Waals surface area contributed by atoms with Gasteiger partial charge >= 0.3 is 0 Å². The number of aryl methyl sites for hydroxylation is 1. The summed E-state index contributed by atoms with van der Waals surface area (Å²) >= 11 is 0. The summed E-state index contributed by atoms with van der Waals surface area (Å²) in [5, 5.41) is 9.20. The van der Waals surface area contributed by atoms with E-state index in [0.29, 0.717) is 12.5 Å². The number of piperidine rings is 1. The predicted octanol–water partition coefficient (Wildman–Crippen LogP) is 5.37. The van der Waals surface area contributed by atoms with Gasteiger partial charge in [-0.05, 0) is 102 Å². The number of hydrogen-bond donors (Lipinski definition) is 1. The highest BCUT2D eigenvalue weighted by molar-refractivity contribution is 5.09. The van der Waals surface area contributed by atoms with Crippen LogP contribution >= 0.6 is 0 Å². The molecule has 2 heterocycles. The summed E-state index contributed by atoms with van der Waals surface area (Å²) in [5.41, 5.74) is 4.30. The van der Waals surface area contributed by atoms with E-state index >= 15 is 0 Å². The lowest BCUT2D eigenvalue weighted by Crippen LogP contribution is -2.35. The number of nitrogens with zero attached hydrogens (tertiary/aromatic N) is 1. The van der Waals surface area contributed by atoms with Crippen molar-refractivity contribution in [3.8, 4) is 0 Å². The molecule has 0 radical (unpaired) electrons. The van der Waals surface area contributed by atoms with Crippen LogP contribution in [0.4, 0.5) is 0 Å². The highest BCUT2D eigenvalue weighted by Crippen LogP contribution is 2.17. The molecular formula is C23H37NO2. The third-order valence-electron chi connectivity index (χ3n) is 5.55. The maximum absolute atomic E-state index is 9.20. The van der Waals surface area contributed by atoms with Gasteiger partial charge in [-0.25, -0.2) is 0 Å². The van der Waals surface area contributed by atoms with E-state index in [2.05, 4.69) is 30.9 Å². The monoisotopic (exact) mass is 359 g/mol. The van der Waals surface area contributed by atoms with Crippen molar-refractivity contribution >= 4 is 0 Å². The van der Waals surface area contributed by atoms with E-state index in [-0.39, 0.29) is 0 Å². The summed E-state index contributed by atoms with van der Waals surface area (Å²) in [4.78, 5) is 2.56. The van der Waals surface area contributed by atoms with Crippen molar-refractivity contribution in [2.24, 2.45) is 5.92 Å². The molecule has 3 heteroatoms. The van der Waals surface area contributed by atoms with Crippen molar-refractivity contribution in [2.75, 3.05) is 26.2 Å². The second-order valence-electron chi connectivity index (χ2n) is 7.88. The van der Waals surface area contributed by atoms with Crippen LogP contribution in [-0.2, 0) is 6.42 Å². The van der Waals surface area contributed by atoms with E-state index in [9.17, 15) is 5.11 Å². The molecule has 0 amide bonds. The average Bonchev–Trinajstić information content (AvgIpc) is 3.16. The summed E-state index contributed by atoms with van der Waals surface area (Å²) in [6, 6.07) is 2.05. The topological polar surface area (TPSA) is 36.6 Å². The molecule has 0 aliphatic carbocycles. The highest BCUT2D eigenvalue weighted by atomic mass is 16.3. The van der Waals surface area contributed by atoms with Crippen LogP contribution in [0.2, 0.25) is 0 Å². The third kappa shape index (κ3) is 8.37. The Morgan fingerprint density at radius 3 is 2.58 bits per heavy atom. The standard InChI is InChI=1S/C23H37NO2/c1-20(8-4-10-23-13-17-26-19-23)6-3-7-21(2)9-5-14-24-15-11-22(18-25)12-16-24/h7-8,13,17,19,22,25H,3-6,9-12,14-16,18H2,1-2H3/b20-8+,21-7+. The Morgan fingerprint density at radius 2 is 1.88 bits per heavy atom. The summed E-state index contributed by atoms with van der Waals surface area (Å²) < 4.78 is 5.10. The van der Waals surface area contributed by atoms with Crippen LogP contribution in [0.3, 0.4) is 0 Å². The molecule has 0 bridgehead atoms. The van der Waals surface area contributed by atoms with E-state index < -0.39 is 0 Å². The molecular weight excluding hydrogens is 322 g/mol. The van der Waals surface area contributed by atoms with E-state index in [4.69, 9.17) is 4.42 Å². The fourth-order valence-corrected chi connectivity index (χ4v) is 3.64. The minimum atomic E-state index is 0.368. The van der Waals surface area contributed by atoms with Crippen molar-refractivity contribution in [1.29, 1.82) is 0 Å². The Bertz CT molecular complexity index is 537. The molecule has 0 unspecified atom stereocenters. The molecule has 0 saturated carbocycles. The first-order valence-corrected chi connectivity index (χ1v) is 10.3. The van der Waals surface area contributed by atoms with E-state index in [1.54, 1.807) is 6.26 Å². The molecule has 1 N–H and O–H groups in total. The molecule has 1 aliphatic rings. The van der Waals surface area contributed by atoms with Crippen molar-refractivity contribution in [1.82, 2.24) is 4.90 Å². The Morgan fingerprint density at radius 1 is 1.15 bits per heavy atom. The molecule has 0 spiro atoms. The number of aliphatic hydroxyl groups excluding tert-OH is 1. The Labute approximate surface area is 159 Å². The zero-order valence-corrected chi connectivity index (χ0v) is 16.8. The lowest BCUT2D eigenvalue weighted by Gasteiger charge is -2.31. The number of rotatable bonds is 11. The average molecular weight is 360 g/mol. The molecule has 3 nitrogen and oxygen atoms in total. The maximum Gasteiger partial charge on any atom is 0.0934 e. The highest BCUT2D eigenvalue weighted by Gasteiger charge is 2.17. The van der Waals surface area contributed by atoms with Crippen LogP contribution in [-0.4, -0.2) is 36.2 Å². The van der Waals surface area contributed by atoms with Gasteiger partial charge in [0.15, 0.2) is 0 Å². The van der Waals surface area contributed by atoms with Gasteiger partial charge in [-0.1, -0.05) is 23.3 Å². The second-order valence-corrected chi connectivity index (χ2v) is 7.88. The molecule has 26 heavy (non-hydrogen) atoms. The Hall–Kier alpha value is -1.32. The van der Waals surface area contributed by atoms with Gasteiger partial charge in [-0.2, -0.15) is 0 Å². The quantitative estimate of drug-likeness (QED) is 0.540. The maximum atomic E-state index is 9.20. The number of allylic oxidation sites excluding steroid dienone is 4. The third-order valence-corrected chi connectivity index (χ3v) is 5.55. The van der Waals surface area contributed by atoms with E-state index in [1.807, 2.05) is 12.3 Å². The van der Waals surface area contributed by atoms with Crippen LogP contribution < -0.4 is 0 Å². The minimum Gasteiger partial charge on any atom is -0.472 e. The lowest BCUT2D eigenvalue weighted by molar-refractivity contribution is 0.131. The SMILES string of the molecule is C/C(=C\CCc1ccoc1)CC/C=C(\C)CCCN1CCC(CO)CC1. The van der Waals surface area contributed by atoms with Gasteiger partial charge < -0.3 is 14.4 Å². The molecule has 1 saturated heterocycles. The van der Waals surface area contributed by atoms with Crippen LogP contribution in [0, 0.1) is 5.92 Å². The number of hydrogen-bond acceptors (Lipinski definition) is 3. The van der Waals surface area contributed by atoms with Crippen molar-refractivity contribution in [3.63, 3.8) is 0 Å². The Balaban J connectivity index is 1.53. The van der Waals surface area contributed by atoms with E-state index in [1.165, 1.54) is 36.1 Å². The summed E-state index contributed by atoms with van der Waals surface area (Å²) in [6.07, 6.45) is 17.7. The number of aliphatic hydroxyl groups is 1. The smallest absolute Gasteiger partial charge is 0.0934 e. The Kier molecular flexibility index (Phi) is 9.80. The fraction of sp³-hybridized carbons (Fsp3) is 0.652. The van der Waals surface area contributed by atoms with Gasteiger partial charge in [-0.15, -0.1) is 0 Å². The molecule has 1 fully saturated rings. The van der Waals surface area contributed by atoms with Crippen LogP contribution in [0.1, 0.15) is 64.4 Å². The van der Waals surface area contributed by atoms with E-state index in [0.717, 1.165) is 51.6 Å². The van der Waals surface area contributed by atoms with Gasteiger partial charge in [0.25, 0.3) is 0 Å². The normalized spacial score (nSPS) is 17.8. The molecule has 146 valence electrons. The van der Waals surface area contributed by atoms with Gasteiger partial charge in [-0.3, -0.25) is 0 Å². The second kappa shape index (κ2) is 12.1. The van der Waals surface area contributed by atoms with Gasteiger partial charge in [0, 0.05) is 6.61 Å². The molecule has 1 aromatic rings. The number of furan rings is 1. The molecule has 2 rings (SSSR count). The zero-order valence-electron chi connectivity index (χ0n) is 16.8. The largest absolute Gasteiger partial charge is 0.472 e. The van der Waals surface area contributed by atoms with Crippen LogP contribution in [0.15, 0.2) is 46.3 Å². The van der Waals surface area contributed by atoms with Crippen LogP contribution in [0.5, 0.6) is 0 Å². The number of likely N-dealkylation sites (tertiary alicyclic amines) is 1. The van der Waals surface area contributed by atoms with Crippen molar-refractivity contribution in [2.45, 2.75) is 65.2 Å². The zero-order chi connectivity index (χ0) is 18.6. The van der Waals surface area contributed by atoms with Gasteiger partial charge in [0.1, 0.15) is 0 Å². The summed E-state index contributed by atoms with van der Waals surface area (Å²) in [5.74, 6) is 0.545. The molecule has 1 aromatic heterocycles. The predicted molar refractivity (Wildman–Crippen MR) is 109 cm³/mol. The van der Waals surface area contributed by atoms with Crippen LogP contribution in [0.25, 0.3) is 0 Å². The molecule has 0 aromatic carbocycles. The summed E-state index contributed by atoms with van der Waals surface area (Å²) in [6.45, 7) is 8.42. The first-order chi connectivity index (χ1) is 12.7. The molecule has 0 atom stereocenters. The molecule has 1 aliphatic heterocycles. The van der Waals surface area contributed by atoms with Crippen molar-refractivity contribution < 1.29 is 9.52 Å². The first kappa shape index (κ1) is 21.0. The summed E-state index contributed by atoms with van der Waals surface area (Å²) in [7, 11) is 0. The fourth-order valence-electron chi connectivity index (χ4n) is 3.64.